The Morgan fingerprint density at radius 1 is 0.943 bits per heavy atom. The predicted molar refractivity (Wildman–Crippen MR) is 138 cm³/mol. The van der Waals surface area contributed by atoms with Gasteiger partial charge in [0.25, 0.3) is 0 Å². The van der Waals surface area contributed by atoms with E-state index in [9.17, 15) is 20.1 Å². The van der Waals surface area contributed by atoms with Crippen molar-refractivity contribution in [2.75, 3.05) is 13.2 Å². The summed E-state index contributed by atoms with van der Waals surface area (Å²) in [6.07, 6.45) is -0.693. The van der Waals surface area contributed by atoms with E-state index in [4.69, 9.17) is 4.74 Å². The van der Waals surface area contributed by atoms with Crippen LogP contribution in [0.25, 0.3) is 11.1 Å². The monoisotopic (exact) mass is 477 g/mol. The third-order valence-electron chi connectivity index (χ3n) is 6.22. The molecule has 0 aliphatic heterocycles. The van der Waals surface area contributed by atoms with Crippen molar-refractivity contribution in [2.45, 2.75) is 52.7 Å². The maximum atomic E-state index is 11.6. The van der Waals surface area contributed by atoms with Gasteiger partial charge in [0.2, 0.25) is 0 Å². The van der Waals surface area contributed by atoms with Crippen molar-refractivity contribution in [3.8, 4) is 22.6 Å². The first-order chi connectivity index (χ1) is 16.6. The molecule has 0 spiro atoms. The number of carboxylic acid groups (broad SMARTS) is 1. The number of aryl methyl sites for hydroxylation is 2. The average molecular weight is 478 g/mol. The van der Waals surface area contributed by atoms with Gasteiger partial charge in [0, 0.05) is 12.6 Å². The second-order valence-electron chi connectivity index (χ2n) is 9.33. The molecule has 3 aromatic carbocycles. The van der Waals surface area contributed by atoms with Crippen molar-refractivity contribution >= 4 is 5.97 Å². The Kier molecular flexibility index (Phi) is 8.54. The molecule has 3 rings (SSSR count). The lowest BCUT2D eigenvalue weighted by Gasteiger charge is -2.21. The fourth-order valence-electron chi connectivity index (χ4n) is 4.27. The van der Waals surface area contributed by atoms with Gasteiger partial charge in [-0.15, -0.1) is 0 Å². The fraction of sp³-hybridized carbons (Fsp3) is 0.345. The van der Waals surface area contributed by atoms with Gasteiger partial charge in [-0.25, -0.2) is 4.79 Å². The molecule has 0 bridgehead atoms. The summed E-state index contributed by atoms with van der Waals surface area (Å²) in [6, 6.07) is 16.0. The van der Waals surface area contributed by atoms with Gasteiger partial charge in [0.15, 0.2) is 0 Å². The number of benzene rings is 3. The van der Waals surface area contributed by atoms with Crippen molar-refractivity contribution in [3.63, 3.8) is 0 Å². The maximum absolute atomic E-state index is 11.6. The Morgan fingerprint density at radius 2 is 1.57 bits per heavy atom. The van der Waals surface area contributed by atoms with Gasteiger partial charge >= 0.3 is 5.97 Å². The van der Waals surface area contributed by atoms with E-state index >= 15 is 0 Å². The highest BCUT2D eigenvalue weighted by molar-refractivity contribution is 5.90. The summed E-state index contributed by atoms with van der Waals surface area (Å²) in [5.41, 5.74) is 5.92. The van der Waals surface area contributed by atoms with Gasteiger partial charge < -0.3 is 25.4 Å². The molecule has 0 aromatic heterocycles. The molecule has 0 radical (unpaired) electrons. The molecule has 3 aromatic rings. The zero-order valence-electron chi connectivity index (χ0n) is 21.0. The molecule has 186 valence electrons. The van der Waals surface area contributed by atoms with Crippen LogP contribution in [0.2, 0.25) is 0 Å². The van der Waals surface area contributed by atoms with Crippen LogP contribution >= 0.6 is 0 Å². The molecule has 0 saturated heterocycles. The molecular formula is C29H35NO5. The summed E-state index contributed by atoms with van der Waals surface area (Å²) in [6.45, 7) is 10.9. The van der Waals surface area contributed by atoms with Crippen molar-refractivity contribution in [1.29, 1.82) is 0 Å². The summed E-state index contributed by atoms with van der Waals surface area (Å²) in [5.74, 6) is 0.195. The Hall–Kier alpha value is -3.35. The molecule has 4 N–H and O–H groups in total. The highest BCUT2D eigenvalue weighted by atomic mass is 16.5. The van der Waals surface area contributed by atoms with Crippen LogP contribution in [0.3, 0.4) is 0 Å². The number of phenolic OH excluding ortho intramolecular Hbond substituents is 1. The molecule has 0 aliphatic rings. The first kappa shape index (κ1) is 26.3. The van der Waals surface area contributed by atoms with Crippen molar-refractivity contribution < 1.29 is 24.9 Å². The summed E-state index contributed by atoms with van der Waals surface area (Å²) in [5, 5.41) is 32.7. The minimum absolute atomic E-state index is 0.105. The van der Waals surface area contributed by atoms with Crippen molar-refractivity contribution in [1.82, 2.24) is 5.32 Å². The van der Waals surface area contributed by atoms with E-state index in [1.807, 2.05) is 46.8 Å². The smallest absolute Gasteiger partial charge is 0.335 e. The Morgan fingerprint density at radius 3 is 2.14 bits per heavy atom. The van der Waals surface area contributed by atoms with Crippen molar-refractivity contribution in [2.24, 2.45) is 0 Å². The summed E-state index contributed by atoms with van der Waals surface area (Å²) in [7, 11) is 0. The Labute approximate surface area is 207 Å². The molecule has 0 aliphatic carbocycles. The molecule has 0 heterocycles. The zero-order valence-corrected chi connectivity index (χ0v) is 21.0. The Bertz CT molecular complexity index is 1150. The van der Waals surface area contributed by atoms with Crippen LogP contribution in [0.15, 0.2) is 54.6 Å². The summed E-state index contributed by atoms with van der Waals surface area (Å²) in [4.78, 5) is 11.6. The van der Waals surface area contributed by atoms with Crippen LogP contribution in [-0.4, -0.2) is 40.5 Å². The second kappa shape index (κ2) is 11.4. The van der Waals surface area contributed by atoms with Crippen molar-refractivity contribution in [3.05, 3.63) is 82.4 Å². The highest BCUT2D eigenvalue weighted by Gasteiger charge is 2.17. The van der Waals surface area contributed by atoms with Crippen LogP contribution in [0.5, 0.6) is 11.5 Å². The highest BCUT2D eigenvalue weighted by Crippen LogP contribution is 2.32. The van der Waals surface area contributed by atoms with Gasteiger partial charge in [-0.1, -0.05) is 38.1 Å². The molecule has 6 nitrogen and oxygen atoms in total. The topological polar surface area (TPSA) is 99.0 Å². The number of hydrogen-bond acceptors (Lipinski definition) is 5. The number of aliphatic hydroxyl groups excluding tert-OH is 1. The fourth-order valence-corrected chi connectivity index (χ4v) is 4.27. The number of aromatic carboxylic acids is 1. The van der Waals surface area contributed by atoms with Gasteiger partial charge in [-0.05, 0) is 90.4 Å². The average Bonchev–Trinajstić information content (AvgIpc) is 2.82. The second-order valence-corrected chi connectivity index (χ2v) is 9.33. The lowest BCUT2D eigenvalue weighted by Crippen LogP contribution is -2.35. The lowest BCUT2D eigenvalue weighted by atomic mass is 9.91. The van der Waals surface area contributed by atoms with Crippen LogP contribution in [0.1, 0.15) is 65.4 Å². The first-order valence-corrected chi connectivity index (χ1v) is 11.9. The number of rotatable bonds is 10. The normalized spacial score (nSPS) is 13.0. The van der Waals surface area contributed by atoms with Gasteiger partial charge in [-0.3, -0.25) is 0 Å². The molecule has 35 heavy (non-hydrogen) atoms. The number of aromatic hydroxyl groups is 1. The third-order valence-corrected chi connectivity index (χ3v) is 6.22. The minimum Gasteiger partial charge on any atom is -0.508 e. The van der Waals surface area contributed by atoms with Crippen LogP contribution < -0.4 is 10.1 Å². The van der Waals surface area contributed by atoms with E-state index in [-0.39, 0.29) is 17.7 Å². The van der Waals surface area contributed by atoms with E-state index < -0.39 is 12.1 Å². The standard InChI is InChI=1S/C29H35NO5/c1-17(2)26-16-22(8-11-25(26)29(33)34)23-14-18(3)28(19(4)15-23)35-13-12-30-20(5)27(32)21-6-9-24(31)10-7-21/h6-11,14-17,20,27,30-32H,12-13H2,1-5H3,(H,33,34)/t20-,27-/m0/s1. The van der Waals surface area contributed by atoms with E-state index in [1.165, 1.54) is 0 Å². The molecular weight excluding hydrogens is 442 g/mol. The zero-order chi connectivity index (χ0) is 25.7. The number of aliphatic hydroxyl groups is 1. The minimum atomic E-state index is -0.908. The molecule has 0 unspecified atom stereocenters. The van der Waals surface area contributed by atoms with Gasteiger partial charge in [0.1, 0.15) is 18.1 Å². The number of carboxylic acids is 1. The van der Waals surface area contributed by atoms with Crippen LogP contribution in [0, 0.1) is 13.8 Å². The predicted octanol–water partition coefficient (Wildman–Crippen LogP) is 5.59. The molecule has 0 amide bonds. The molecule has 0 fully saturated rings. The summed E-state index contributed by atoms with van der Waals surface area (Å²) < 4.78 is 6.07. The van der Waals surface area contributed by atoms with E-state index in [2.05, 4.69) is 17.4 Å². The molecule has 2 atom stereocenters. The molecule has 0 saturated carbocycles. The first-order valence-electron chi connectivity index (χ1n) is 11.9. The number of phenols is 1. The largest absolute Gasteiger partial charge is 0.508 e. The van der Waals surface area contributed by atoms with Crippen LogP contribution in [0.4, 0.5) is 0 Å². The van der Waals surface area contributed by atoms with Crippen LogP contribution in [-0.2, 0) is 0 Å². The van der Waals surface area contributed by atoms with E-state index in [0.29, 0.717) is 18.7 Å². The molecule has 6 heteroatoms. The Balaban J connectivity index is 1.65. The lowest BCUT2D eigenvalue weighted by molar-refractivity contribution is 0.0695. The summed E-state index contributed by atoms with van der Waals surface area (Å²) >= 11 is 0. The number of nitrogens with one attached hydrogen (secondary N) is 1. The quantitative estimate of drug-likeness (QED) is 0.284. The number of carbonyl (C=O) groups is 1. The van der Waals surface area contributed by atoms with Gasteiger partial charge in [0.05, 0.1) is 11.7 Å². The maximum Gasteiger partial charge on any atom is 0.335 e. The third kappa shape index (κ3) is 6.41. The van der Waals surface area contributed by atoms with Gasteiger partial charge in [-0.2, -0.15) is 0 Å². The van der Waals surface area contributed by atoms with E-state index in [1.54, 1.807) is 30.3 Å². The number of ether oxygens (including phenoxy) is 1. The SMILES string of the molecule is Cc1cc(-c2ccc(C(=O)O)c(C(C)C)c2)cc(C)c1OCCN[C@@H](C)[C@H](O)c1ccc(O)cc1. The number of hydrogen-bond donors (Lipinski definition) is 4. The van der Waals surface area contributed by atoms with E-state index in [0.717, 1.165) is 39.1 Å².